The predicted molar refractivity (Wildman–Crippen MR) is 77.3 cm³/mol. The average molecular weight is 263 g/mol. The molecule has 1 aromatic rings. The zero-order valence-corrected chi connectivity index (χ0v) is 12.1. The van der Waals surface area contributed by atoms with E-state index in [1.54, 1.807) is 13.3 Å². The van der Waals surface area contributed by atoms with Crippen LogP contribution in [0.15, 0.2) is 18.3 Å². The van der Waals surface area contributed by atoms with Crippen LogP contribution in [0.3, 0.4) is 0 Å². The highest BCUT2D eigenvalue weighted by molar-refractivity contribution is 5.24. The Morgan fingerprint density at radius 3 is 2.95 bits per heavy atom. The molecule has 0 bridgehead atoms. The van der Waals surface area contributed by atoms with Crippen molar-refractivity contribution in [2.24, 2.45) is 5.92 Å². The van der Waals surface area contributed by atoms with Crippen molar-refractivity contribution >= 4 is 0 Å². The summed E-state index contributed by atoms with van der Waals surface area (Å²) < 4.78 is 5.25. The van der Waals surface area contributed by atoms with Gasteiger partial charge < -0.3 is 15.0 Å². The summed E-state index contributed by atoms with van der Waals surface area (Å²) in [5.74, 6) is 1.41. The van der Waals surface area contributed by atoms with E-state index in [2.05, 4.69) is 28.2 Å². The molecule has 4 heteroatoms. The van der Waals surface area contributed by atoms with E-state index >= 15 is 0 Å². The molecule has 1 aliphatic heterocycles. The summed E-state index contributed by atoms with van der Waals surface area (Å²) in [5.41, 5.74) is 1.12. The minimum absolute atomic E-state index is 0.681. The van der Waals surface area contributed by atoms with Crippen molar-refractivity contribution in [1.29, 1.82) is 0 Å². The Balaban J connectivity index is 1.70. The van der Waals surface area contributed by atoms with E-state index in [9.17, 15) is 0 Å². The highest BCUT2D eigenvalue weighted by Gasteiger charge is 2.14. The van der Waals surface area contributed by atoms with Crippen molar-refractivity contribution in [2.45, 2.75) is 26.3 Å². The normalized spacial score (nSPS) is 17.6. The van der Waals surface area contributed by atoms with Gasteiger partial charge in [-0.3, -0.25) is 0 Å². The maximum Gasteiger partial charge on any atom is 0.217 e. The van der Waals surface area contributed by atoms with Crippen LogP contribution in [0.25, 0.3) is 0 Å². The number of likely N-dealkylation sites (tertiary alicyclic amines) is 1. The zero-order valence-electron chi connectivity index (χ0n) is 12.1. The van der Waals surface area contributed by atoms with Crippen molar-refractivity contribution < 1.29 is 4.74 Å². The van der Waals surface area contributed by atoms with Gasteiger partial charge in [-0.15, -0.1) is 0 Å². The third-order valence-electron chi connectivity index (χ3n) is 3.62. The third-order valence-corrected chi connectivity index (χ3v) is 3.62. The molecular weight excluding hydrogens is 238 g/mol. The average Bonchev–Trinajstić information content (AvgIpc) is 2.92. The molecule has 0 spiro atoms. The topological polar surface area (TPSA) is 37.4 Å². The molecule has 1 fully saturated rings. The Labute approximate surface area is 116 Å². The van der Waals surface area contributed by atoms with Gasteiger partial charge in [-0.1, -0.05) is 13.0 Å². The third kappa shape index (κ3) is 4.48. The first-order valence-electron chi connectivity index (χ1n) is 7.20. The van der Waals surface area contributed by atoms with Crippen LogP contribution >= 0.6 is 0 Å². The fraction of sp³-hybridized carbons (Fsp3) is 0.667. The molecule has 2 heterocycles. The van der Waals surface area contributed by atoms with Crippen molar-refractivity contribution in [3.63, 3.8) is 0 Å². The van der Waals surface area contributed by atoms with Gasteiger partial charge in [0, 0.05) is 24.8 Å². The first-order chi connectivity index (χ1) is 9.29. The van der Waals surface area contributed by atoms with Gasteiger partial charge in [0.1, 0.15) is 0 Å². The Bertz CT molecular complexity index is 377. The molecule has 1 saturated heterocycles. The molecular formula is C15H25N3O. The Kier molecular flexibility index (Phi) is 5.61. The van der Waals surface area contributed by atoms with E-state index in [1.807, 2.05) is 6.07 Å². The Morgan fingerprint density at radius 1 is 1.42 bits per heavy atom. The maximum atomic E-state index is 5.25. The molecule has 2 rings (SSSR count). The predicted octanol–water partition coefficient (Wildman–Crippen LogP) is 1.91. The van der Waals surface area contributed by atoms with Gasteiger partial charge in [0.2, 0.25) is 5.88 Å². The molecule has 0 saturated carbocycles. The van der Waals surface area contributed by atoms with Crippen LogP contribution in [0.1, 0.15) is 25.3 Å². The van der Waals surface area contributed by atoms with Crippen molar-refractivity contribution in [1.82, 2.24) is 15.2 Å². The molecule has 0 radical (unpaired) electrons. The van der Waals surface area contributed by atoms with E-state index < -0.39 is 0 Å². The van der Waals surface area contributed by atoms with Crippen LogP contribution in [0.5, 0.6) is 5.88 Å². The van der Waals surface area contributed by atoms with Gasteiger partial charge in [0.05, 0.1) is 7.11 Å². The molecule has 19 heavy (non-hydrogen) atoms. The van der Waals surface area contributed by atoms with Gasteiger partial charge >= 0.3 is 0 Å². The number of hydrogen-bond donors (Lipinski definition) is 1. The molecule has 1 aliphatic rings. The van der Waals surface area contributed by atoms with E-state index in [4.69, 9.17) is 4.74 Å². The standard InChI is InChI=1S/C15H25N3O/c1-13(12-18-8-3-4-9-18)10-16-11-14-6-5-7-17-15(14)19-2/h5-7,13,16H,3-4,8-12H2,1-2H3. The Morgan fingerprint density at radius 2 is 2.21 bits per heavy atom. The maximum absolute atomic E-state index is 5.25. The SMILES string of the molecule is COc1ncccc1CNCC(C)CN1CCCC1. The molecule has 1 N–H and O–H groups in total. The first-order valence-corrected chi connectivity index (χ1v) is 7.20. The summed E-state index contributed by atoms with van der Waals surface area (Å²) in [4.78, 5) is 6.77. The lowest BCUT2D eigenvalue weighted by atomic mass is 10.1. The lowest BCUT2D eigenvalue weighted by Crippen LogP contribution is -2.31. The van der Waals surface area contributed by atoms with Gasteiger partial charge in [-0.25, -0.2) is 4.98 Å². The van der Waals surface area contributed by atoms with Gasteiger partial charge in [-0.05, 0) is 44.5 Å². The van der Waals surface area contributed by atoms with Gasteiger partial charge in [-0.2, -0.15) is 0 Å². The van der Waals surface area contributed by atoms with Gasteiger partial charge in [0.15, 0.2) is 0 Å². The second-order valence-corrected chi connectivity index (χ2v) is 5.42. The number of aromatic nitrogens is 1. The van der Waals surface area contributed by atoms with Crippen molar-refractivity contribution in [2.75, 3.05) is 33.3 Å². The smallest absolute Gasteiger partial charge is 0.217 e. The van der Waals surface area contributed by atoms with E-state index in [-0.39, 0.29) is 0 Å². The quantitative estimate of drug-likeness (QED) is 0.815. The highest BCUT2D eigenvalue weighted by Crippen LogP contribution is 2.13. The molecule has 4 nitrogen and oxygen atoms in total. The number of nitrogens with zero attached hydrogens (tertiary/aromatic N) is 2. The van der Waals surface area contributed by atoms with Crippen LogP contribution in [-0.2, 0) is 6.54 Å². The monoisotopic (exact) mass is 263 g/mol. The van der Waals surface area contributed by atoms with E-state index in [0.717, 1.165) is 24.5 Å². The summed E-state index contributed by atoms with van der Waals surface area (Å²) in [6, 6.07) is 4.01. The number of ether oxygens (including phenoxy) is 1. The molecule has 106 valence electrons. The summed E-state index contributed by atoms with van der Waals surface area (Å²) in [7, 11) is 1.67. The van der Waals surface area contributed by atoms with Crippen LogP contribution in [-0.4, -0.2) is 43.2 Å². The molecule has 0 aliphatic carbocycles. The minimum Gasteiger partial charge on any atom is -0.481 e. The van der Waals surface area contributed by atoms with Crippen molar-refractivity contribution in [3.05, 3.63) is 23.9 Å². The fourth-order valence-electron chi connectivity index (χ4n) is 2.67. The fourth-order valence-corrected chi connectivity index (χ4v) is 2.67. The van der Waals surface area contributed by atoms with Crippen LogP contribution in [0.2, 0.25) is 0 Å². The summed E-state index contributed by atoms with van der Waals surface area (Å²) >= 11 is 0. The number of rotatable bonds is 7. The number of hydrogen-bond acceptors (Lipinski definition) is 4. The molecule has 1 aromatic heterocycles. The van der Waals surface area contributed by atoms with Crippen molar-refractivity contribution in [3.8, 4) is 5.88 Å². The summed E-state index contributed by atoms with van der Waals surface area (Å²) in [5, 5.41) is 3.50. The van der Waals surface area contributed by atoms with Gasteiger partial charge in [0.25, 0.3) is 0 Å². The van der Waals surface area contributed by atoms with Crippen LogP contribution in [0, 0.1) is 5.92 Å². The number of pyridine rings is 1. The minimum atomic E-state index is 0.681. The first kappa shape index (κ1) is 14.3. The highest BCUT2D eigenvalue weighted by atomic mass is 16.5. The molecule has 1 unspecified atom stereocenters. The Hall–Kier alpha value is -1.13. The van der Waals surface area contributed by atoms with E-state index in [1.165, 1.54) is 32.5 Å². The zero-order chi connectivity index (χ0) is 13.5. The molecule has 0 aromatic carbocycles. The lowest BCUT2D eigenvalue weighted by molar-refractivity contribution is 0.282. The second-order valence-electron chi connectivity index (χ2n) is 5.42. The molecule has 1 atom stereocenters. The molecule has 0 amide bonds. The van der Waals surface area contributed by atoms with Crippen LogP contribution < -0.4 is 10.1 Å². The lowest BCUT2D eigenvalue weighted by Gasteiger charge is -2.20. The second kappa shape index (κ2) is 7.46. The summed E-state index contributed by atoms with van der Waals surface area (Å²) in [6.07, 6.45) is 4.50. The van der Waals surface area contributed by atoms with Crippen LogP contribution in [0.4, 0.5) is 0 Å². The largest absolute Gasteiger partial charge is 0.481 e. The summed E-state index contributed by atoms with van der Waals surface area (Å²) in [6.45, 7) is 7.93. The number of methoxy groups -OCH3 is 1. The van der Waals surface area contributed by atoms with E-state index in [0.29, 0.717) is 5.92 Å². The number of nitrogens with one attached hydrogen (secondary N) is 1.